The van der Waals surface area contributed by atoms with Gasteiger partial charge in [-0.3, -0.25) is 0 Å². The van der Waals surface area contributed by atoms with E-state index in [1.807, 2.05) is 6.07 Å². The molecule has 0 bridgehead atoms. The molecule has 0 radical (unpaired) electrons. The van der Waals surface area contributed by atoms with Gasteiger partial charge in [0.15, 0.2) is 0 Å². The molecule has 1 rings (SSSR count). The number of nitrogens with one attached hydrogen (secondary N) is 1. The minimum absolute atomic E-state index is 0.545. The van der Waals surface area contributed by atoms with Crippen LogP contribution in [0.15, 0.2) is 12.1 Å². The molecule has 5 heteroatoms. The van der Waals surface area contributed by atoms with Crippen molar-refractivity contribution < 1.29 is 4.74 Å². The van der Waals surface area contributed by atoms with Crippen molar-refractivity contribution in [3.05, 3.63) is 27.7 Å². The van der Waals surface area contributed by atoms with Gasteiger partial charge >= 0.3 is 0 Å². The zero-order valence-electron chi connectivity index (χ0n) is 9.22. The van der Waals surface area contributed by atoms with Crippen LogP contribution in [0.3, 0.4) is 0 Å². The molecule has 0 fully saturated rings. The lowest BCUT2D eigenvalue weighted by molar-refractivity contribution is 0.409. The number of benzene rings is 1. The molecule has 0 aromatic heterocycles. The van der Waals surface area contributed by atoms with E-state index in [4.69, 9.17) is 33.7 Å². The Morgan fingerprint density at radius 1 is 1.31 bits per heavy atom. The van der Waals surface area contributed by atoms with E-state index >= 15 is 0 Å². The Balaban J connectivity index is 2.69. The van der Waals surface area contributed by atoms with Crippen LogP contribution in [0.1, 0.15) is 5.56 Å². The van der Waals surface area contributed by atoms with Crippen LogP contribution < -0.4 is 15.8 Å². The molecule has 0 saturated carbocycles. The number of hydrogen-bond acceptors (Lipinski definition) is 3. The van der Waals surface area contributed by atoms with Gasteiger partial charge in [0, 0.05) is 18.1 Å². The number of rotatable bonds is 6. The van der Waals surface area contributed by atoms with Gasteiger partial charge in [-0.05, 0) is 30.7 Å². The third-order valence-corrected chi connectivity index (χ3v) is 2.68. The van der Waals surface area contributed by atoms with Gasteiger partial charge in [0.05, 0.1) is 12.1 Å². The van der Waals surface area contributed by atoms with Crippen LogP contribution in [0, 0.1) is 0 Å². The molecule has 0 saturated heterocycles. The average molecular weight is 263 g/mol. The highest BCUT2D eigenvalue weighted by Crippen LogP contribution is 2.32. The second-order valence-electron chi connectivity index (χ2n) is 3.37. The van der Waals surface area contributed by atoms with Crippen LogP contribution in [0.2, 0.25) is 10.0 Å². The molecule has 0 atom stereocenters. The zero-order chi connectivity index (χ0) is 12.0. The largest absolute Gasteiger partial charge is 0.495 e. The first-order chi connectivity index (χ1) is 7.69. The van der Waals surface area contributed by atoms with Gasteiger partial charge in [-0.25, -0.2) is 0 Å². The van der Waals surface area contributed by atoms with Crippen molar-refractivity contribution in [3.63, 3.8) is 0 Å². The summed E-state index contributed by atoms with van der Waals surface area (Å²) in [5.74, 6) is 0.695. The lowest BCUT2D eigenvalue weighted by Gasteiger charge is -2.11. The maximum absolute atomic E-state index is 6.03. The summed E-state index contributed by atoms with van der Waals surface area (Å²) in [6.07, 6.45) is 0.809. The van der Waals surface area contributed by atoms with Crippen LogP contribution in [0.5, 0.6) is 5.75 Å². The lowest BCUT2D eigenvalue weighted by Crippen LogP contribution is -2.24. The summed E-state index contributed by atoms with van der Waals surface area (Å²) in [7, 11) is 1.60. The molecule has 0 heterocycles. The highest BCUT2D eigenvalue weighted by Gasteiger charge is 2.09. The number of nitrogens with two attached hydrogens (primary N) is 1. The fourth-order valence-electron chi connectivity index (χ4n) is 1.48. The van der Waals surface area contributed by atoms with Crippen molar-refractivity contribution in [2.45, 2.75) is 6.42 Å². The van der Waals surface area contributed by atoms with E-state index in [1.165, 1.54) is 0 Å². The predicted octanol–water partition coefficient (Wildman–Crippen LogP) is 2.09. The van der Waals surface area contributed by atoms with Crippen molar-refractivity contribution in [2.75, 3.05) is 26.7 Å². The highest BCUT2D eigenvalue weighted by molar-refractivity contribution is 6.35. The highest BCUT2D eigenvalue weighted by atomic mass is 35.5. The number of ether oxygens (including phenoxy) is 1. The monoisotopic (exact) mass is 262 g/mol. The van der Waals surface area contributed by atoms with E-state index in [0.717, 1.165) is 25.1 Å². The van der Waals surface area contributed by atoms with Crippen LogP contribution in [0.25, 0.3) is 0 Å². The van der Waals surface area contributed by atoms with E-state index in [9.17, 15) is 0 Å². The molecule has 3 nitrogen and oxygen atoms in total. The van der Waals surface area contributed by atoms with E-state index in [1.54, 1.807) is 13.2 Å². The topological polar surface area (TPSA) is 47.3 Å². The van der Waals surface area contributed by atoms with Gasteiger partial charge in [-0.1, -0.05) is 23.2 Å². The fraction of sp³-hybridized carbons (Fsp3) is 0.455. The Kier molecular flexibility index (Phi) is 5.91. The van der Waals surface area contributed by atoms with Crippen LogP contribution in [-0.2, 0) is 6.42 Å². The molecule has 0 aliphatic carbocycles. The first-order valence-corrected chi connectivity index (χ1v) is 5.87. The summed E-state index contributed by atoms with van der Waals surface area (Å²) in [6, 6.07) is 3.55. The second-order valence-corrected chi connectivity index (χ2v) is 4.21. The minimum atomic E-state index is 0.545. The third kappa shape index (κ3) is 3.83. The molecule has 3 N–H and O–H groups in total. The second kappa shape index (κ2) is 6.97. The van der Waals surface area contributed by atoms with Gasteiger partial charge in [0.25, 0.3) is 0 Å². The summed E-state index contributed by atoms with van der Waals surface area (Å²) in [5, 5.41) is 4.38. The van der Waals surface area contributed by atoms with Gasteiger partial charge in [-0.15, -0.1) is 0 Å². The van der Waals surface area contributed by atoms with E-state index in [2.05, 4.69) is 5.32 Å². The summed E-state index contributed by atoms with van der Waals surface area (Å²) in [5.41, 5.74) is 6.39. The summed E-state index contributed by atoms with van der Waals surface area (Å²) >= 11 is 12.0. The summed E-state index contributed by atoms with van der Waals surface area (Å²) < 4.78 is 5.25. The molecular formula is C11H16Cl2N2O. The van der Waals surface area contributed by atoms with Crippen molar-refractivity contribution in [1.29, 1.82) is 0 Å². The molecular weight excluding hydrogens is 247 g/mol. The average Bonchev–Trinajstić information content (AvgIpc) is 2.24. The molecule has 90 valence electrons. The molecule has 1 aromatic rings. The summed E-state index contributed by atoms with van der Waals surface area (Å²) in [6.45, 7) is 2.26. The van der Waals surface area contributed by atoms with Crippen molar-refractivity contribution in [2.24, 2.45) is 5.73 Å². The summed E-state index contributed by atoms with van der Waals surface area (Å²) in [4.78, 5) is 0. The Labute approximate surface area is 106 Å². The van der Waals surface area contributed by atoms with Crippen LogP contribution in [0.4, 0.5) is 0 Å². The molecule has 1 aromatic carbocycles. The smallest absolute Gasteiger partial charge is 0.140 e. The Morgan fingerprint density at radius 2 is 2.06 bits per heavy atom. The van der Waals surface area contributed by atoms with Crippen molar-refractivity contribution >= 4 is 23.2 Å². The fourth-order valence-corrected chi connectivity index (χ4v) is 2.09. The van der Waals surface area contributed by atoms with Crippen molar-refractivity contribution in [1.82, 2.24) is 5.32 Å². The molecule has 16 heavy (non-hydrogen) atoms. The quantitative estimate of drug-likeness (QED) is 0.772. The number of halogens is 2. The molecule has 0 amide bonds. The standard InChI is InChI=1S/C11H16Cl2N2O/c1-16-11-8(2-4-15-5-3-14)6-9(12)7-10(11)13/h6-7,15H,2-5,14H2,1H3. The van der Waals surface area contributed by atoms with Gasteiger partial charge in [-0.2, -0.15) is 0 Å². The van der Waals surface area contributed by atoms with Gasteiger partial charge in [0.2, 0.25) is 0 Å². The number of methoxy groups -OCH3 is 1. The Bertz CT molecular complexity index is 345. The molecule has 0 spiro atoms. The minimum Gasteiger partial charge on any atom is -0.495 e. The SMILES string of the molecule is COc1c(Cl)cc(Cl)cc1CCNCCN. The van der Waals surface area contributed by atoms with Crippen LogP contribution >= 0.6 is 23.2 Å². The third-order valence-electron chi connectivity index (χ3n) is 2.18. The zero-order valence-corrected chi connectivity index (χ0v) is 10.7. The van der Waals surface area contributed by atoms with E-state index in [-0.39, 0.29) is 0 Å². The number of hydrogen-bond donors (Lipinski definition) is 2. The molecule has 0 aliphatic rings. The first kappa shape index (κ1) is 13.6. The maximum atomic E-state index is 6.03. The first-order valence-electron chi connectivity index (χ1n) is 5.11. The Hall–Kier alpha value is -0.480. The van der Waals surface area contributed by atoms with E-state index in [0.29, 0.717) is 22.3 Å². The lowest BCUT2D eigenvalue weighted by atomic mass is 10.1. The van der Waals surface area contributed by atoms with Crippen LogP contribution in [-0.4, -0.2) is 26.7 Å². The van der Waals surface area contributed by atoms with Crippen molar-refractivity contribution in [3.8, 4) is 5.75 Å². The normalized spacial score (nSPS) is 10.5. The molecule has 0 unspecified atom stereocenters. The maximum Gasteiger partial charge on any atom is 0.140 e. The Morgan fingerprint density at radius 3 is 2.69 bits per heavy atom. The van der Waals surface area contributed by atoms with Gasteiger partial charge < -0.3 is 15.8 Å². The van der Waals surface area contributed by atoms with Gasteiger partial charge in [0.1, 0.15) is 5.75 Å². The van der Waals surface area contributed by atoms with E-state index < -0.39 is 0 Å². The predicted molar refractivity (Wildman–Crippen MR) is 68.6 cm³/mol. The molecule has 0 aliphatic heterocycles.